The molecule has 1 amide bonds. The number of aromatic nitrogens is 1. The molecule has 4 rings (SSSR count). The summed E-state index contributed by atoms with van der Waals surface area (Å²) in [5.74, 6) is -0.171. The molecular formula is C16H17FN2O2. The number of hydrogen-bond donors (Lipinski definition) is 1. The molecule has 0 aliphatic carbocycles. The van der Waals surface area contributed by atoms with Crippen molar-refractivity contribution < 1.29 is 13.9 Å². The van der Waals surface area contributed by atoms with Crippen LogP contribution < -0.4 is 0 Å². The summed E-state index contributed by atoms with van der Waals surface area (Å²) < 4.78 is 19.0. The van der Waals surface area contributed by atoms with Gasteiger partial charge in [0.2, 0.25) is 0 Å². The number of ether oxygens (including phenoxy) is 1. The van der Waals surface area contributed by atoms with Gasteiger partial charge >= 0.3 is 0 Å². The van der Waals surface area contributed by atoms with E-state index in [1.165, 1.54) is 6.07 Å². The highest BCUT2D eigenvalue weighted by Gasteiger charge is 2.31. The summed E-state index contributed by atoms with van der Waals surface area (Å²) in [5.41, 5.74) is 3.10. The molecule has 110 valence electrons. The van der Waals surface area contributed by atoms with Crippen LogP contribution in [0.5, 0.6) is 0 Å². The summed E-state index contributed by atoms with van der Waals surface area (Å²) in [5, 5.41) is 0.884. The first-order chi connectivity index (χ1) is 10.2. The standard InChI is InChI=1S/C16H17FN2O2/c17-10-3-4-13-11(8-10)12-9-19(6-5-14(12)18-13)16(20)15-2-1-7-21-15/h3-4,8,15,18H,1-2,5-7,9H2/t15-/m0/s1. The Morgan fingerprint density at radius 2 is 2.33 bits per heavy atom. The Hall–Kier alpha value is -1.88. The van der Waals surface area contributed by atoms with Crippen molar-refractivity contribution in [2.75, 3.05) is 13.2 Å². The maximum absolute atomic E-state index is 13.5. The molecule has 3 heterocycles. The first kappa shape index (κ1) is 12.8. The largest absolute Gasteiger partial charge is 0.368 e. The Labute approximate surface area is 121 Å². The highest BCUT2D eigenvalue weighted by molar-refractivity contribution is 5.87. The van der Waals surface area contributed by atoms with E-state index in [4.69, 9.17) is 4.74 Å². The zero-order valence-corrected chi connectivity index (χ0v) is 11.7. The number of nitrogens with zero attached hydrogens (tertiary/aromatic N) is 1. The molecule has 0 radical (unpaired) electrons. The Bertz CT molecular complexity index is 704. The molecule has 1 aromatic heterocycles. The number of rotatable bonds is 1. The molecule has 0 saturated carbocycles. The van der Waals surface area contributed by atoms with E-state index in [9.17, 15) is 9.18 Å². The van der Waals surface area contributed by atoms with Gasteiger partial charge in [0.1, 0.15) is 11.9 Å². The smallest absolute Gasteiger partial charge is 0.252 e. The minimum atomic E-state index is -0.284. The van der Waals surface area contributed by atoms with Gasteiger partial charge in [0, 0.05) is 48.3 Å². The highest BCUT2D eigenvalue weighted by atomic mass is 19.1. The Morgan fingerprint density at radius 3 is 3.14 bits per heavy atom. The minimum Gasteiger partial charge on any atom is -0.368 e. The van der Waals surface area contributed by atoms with Gasteiger partial charge in [-0.25, -0.2) is 4.39 Å². The van der Waals surface area contributed by atoms with Gasteiger partial charge in [-0.15, -0.1) is 0 Å². The zero-order chi connectivity index (χ0) is 14.4. The Morgan fingerprint density at radius 1 is 1.43 bits per heavy atom. The number of fused-ring (bicyclic) bond motifs is 3. The molecule has 2 aromatic rings. The number of carbonyl (C=O) groups excluding carboxylic acids is 1. The van der Waals surface area contributed by atoms with Crippen LogP contribution >= 0.6 is 0 Å². The fourth-order valence-corrected chi connectivity index (χ4v) is 3.35. The summed E-state index contributed by atoms with van der Waals surface area (Å²) in [6, 6.07) is 4.76. The van der Waals surface area contributed by atoms with Crippen molar-refractivity contribution in [2.24, 2.45) is 0 Å². The van der Waals surface area contributed by atoms with Crippen LogP contribution in [0, 0.1) is 5.82 Å². The molecule has 1 saturated heterocycles. The third kappa shape index (κ3) is 2.12. The molecule has 2 aliphatic rings. The van der Waals surface area contributed by atoms with E-state index in [0.717, 1.165) is 41.4 Å². The molecule has 0 spiro atoms. The van der Waals surface area contributed by atoms with Crippen LogP contribution in [0.15, 0.2) is 18.2 Å². The summed E-state index contributed by atoms with van der Waals surface area (Å²) in [6.45, 7) is 1.91. The Balaban J connectivity index is 1.65. The number of halogens is 1. The fraction of sp³-hybridized carbons (Fsp3) is 0.438. The first-order valence-corrected chi connectivity index (χ1v) is 7.42. The van der Waals surface area contributed by atoms with Crippen molar-refractivity contribution in [3.8, 4) is 0 Å². The van der Waals surface area contributed by atoms with Gasteiger partial charge in [0.05, 0.1) is 0 Å². The minimum absolute atomic E-state index is 0.0731. The van der Waals surface area contributed by atoms with Crippen LogP contribution in [0.2, 0.25) is 0 Å². The number of aromatic amines is 1. The van der Waals surface area contributed by atoms with Crippen LogP contribution in [-0.4, -0.2) is 35.0 Å². The molecule has 0 unspecified atom stereocenters. The van der Waals surface area contributed by atoms with Gasteiger partial charge in [-0.2, -0.15) is 0 Å². The van der Waals surface area contributed by atoms with Crippen molar-refractivity contribution >= 4 is 16.8 Å². The lowest BCUT2D eigenvalue weighted by molar-refractivity contribution is -0.141. The van der Waals surface area contributed by atoms with Gasteiger partial charge in [0.25, 0.3) is 5.91 Å². The summed E-state index contributed by atoms with van der Waals surface area (Å²) in [7, 11) is 0. The third-order valence-corrected chi connectivity index (χ3v) is 4.45. The maximum atomic E-state index is 13.5. The summed E-state index contributed by atoms with van der Waals surface area (Å²) in [6.07, 6.45) is 2.26. The average Bonchev–Trinajstić information content (AvgIpc) is 3.13. The molecule has 2 aliphatic heterocycles. The summed E-state index contributed by atoms with van der Waals surface area (Å²) >= 11 is 0. The third-order valence-electron chi connectivity index (χ3n) is 4.45. The first-order valence-electron chi connectivity index (χ1n) is 7.42. The van der Waals surface area contributed by atoms with Crippen LogP contribution in [0.4, 0.5) is 4.39 Å². The second-order valence-corrected chi connectivity index (χ2v) is 5.78. The molecule has 5 heteroatoms. The van der Waals surface area contributed by atoms with Crippen molar-refractivity contribution in [1.82, 2.24) is 9.88 Å². The van der Waals surface area contributed by atoms with Gasteiger partial charge in [-0.3, -0.25) is 4.79 Å². The number of nitrogens with one attached hydrogen (secondary N) is 1. The highest BCUT2D eigenvalue weighted by Crippen LogP contribution is 2.29. The zero-order valence-electron chi connectivity index (χ0n) is 11.7. The predicted octanol–water partition coefficient (Wildman–Crippen LogP) is 2.37. The van der Waals surface area contributed by atoms with Crippen molar-refractivity contribution in [3.63, 3.8) is 0 Å². The second kappa shape index (κ2) is 4.84. The van der Waals surface area contributed by atoms with Crippen molar-refractivity contribution in [1.29, 1.82) is 0 Å². The molecule has 1 aromatic carbocycles. The van der Waals surface area contributed by atoms with E-state index in [-0.39, 0.29) is 17.8 Å². The van der Waals surface area contributed by atoms with E-state index in [1.54, 1.807) is 12.1 Å². The van der Waals surface area contributed by atoms with Gasteiger partial charge in [-0.05, 0) is 31.0 Å². The number of hydrogen-bond acceptors (Lipinski definition) is 2. The quantitative estimate of drug-likeness (QED) is 0.875. The second-order valence-electron chi connectivity index (χ2n) is 5.78. The normalized spacial score (nSPS) is 21.8. The maximum Gasteiger partial charge on any atom is 0.252 e. The predicted molar refractivity (Wildman–Crippen MR) is 76.4 cm³/mol. The van der Waals surface area contributed by atoms with Crippen molar-refractivity contribution in [3.05, 3.63) is 35.3 Å². The van der Waals surface area contributed by atoms with Gasteiger partial charge in [0.15, 0.2) is 0 Å². The van der Waals surface area contributed by atoms with E-state index >= 15 is 0 Å². The molecule has 21 heavy (non-hydrogen) atoms. The van der Waals surface area contributed by atoms with E-state index < -0.39 is 0 Å². The van der Waals surface area contributed by atoms with E-state index in [2.05, 4.69) is 4.98 Å². The van der Waals surface area contributed by atoms with Crippen LogP contribution in [0.3, 0.4) is 0 Å². The lowest BCUT2D eigenvalue weighted by Gasteiger charge is -2.29. The molecule has 0 bridgehead atoms. The van der Waals surface area contributed by atoms with Gasteiger partial charge < -0.3 is 14.6 Å². The van der Waals surface area contributed by atoms with Gasteiger partial charge in [-0.1, -0.05) is 0 Å². The molecule has 1 fully saturated rings. The molecule has 1 N–H and O–H groups in total. The number of carbonyl (C=O) groups is 1. The van der Waals surface area contributed by atoms with E-state index in [0.29, 0.717) is 19.7 Å². The molecule has 4 nitrogen and oxygen atoms in total. The Kier molecular flexibility index (Phi) is 2.96. The summed E-state index contributed by atoms with van der Waals surface area (Å²) in [4.78, 5) is 17.6. The SMILES string of the molecule is O=C([C@@H]1CCCO1)N1CCc2[nH]c3ccc(F)cc3c2C1. The number of benzene rings is 1. The topological polar surface area (TPSA) is 45.3 Å². The fourth-order valence-electron chi connectivity index (χ4n) is 3.35. The monoisotopic (exact) mass is 288 g/mol. The van der Waals surface area contributed by atoms with Crippen molar-refractivity contribution in [2.45, 2.75) is 31.9 Å². The van der Waals surface area contributed by atoms with Crippen LogP contribution in [0.25, 0.3) is 10.9 Å². The average molecular weight is 288 g/mol. The molecular weight excluding hydrogens is 271 g/mol. The van der Waals surface area contributed by atoms with Crippen LogP contribution in [0.1, 0.15) is 24.1 Å². The van der Waals surface area contributed by atoms with Crippen LogP contribution in [-0.2, 0) is 22.5 Å². The number of H-pyrrole nitrogens is 1. The number of amides is 1. The molecule has 1 atom stereocenters. The lowest BCUT2D eigenvalue weighted by Crippen LogP contribution is -2.41. The lowest BCUT2D eigenvalue weighted by atomic mass is 10.0. The van der Waals surface area contributed by atoms with E-state index in [1.807, 2.05) is 4.90 Å².